The molecule has 1 heterocycles. The van der Waals surface area contributed by atoms with Crippen LogP contribution in [0.15, 0.2) is 54.6 Å². The molecular formula is C32H35Cl2N3O3. The summed E-state index contributed by atoms with van der Waals surface area (Å²) in [4.78, 5) is 43.8. The third-order valence-electron chi connectivity index (χ3n) is 8.15. The number of carbonyl (C=O) groups excluding carboxylic acids is 3. The van der Waals surface area contributed by atoms with Crippen LogP contribution in [0, 0.1) is 0 Å². The number of benzene rings is 3. The second-order valence-corrected chi connectivity index (χ2v) is 11.5. The minimum absolute atomic E-state index is 0.0442. The van der Waals surface area contributed by atoms with E-state index in [-0.39, 0.29) is 36.7 Å². The van der Waals surface area contributed by atoms with Gasteiger partial charge in [0.25, 0.3) is 5.91 Å². The first-order valence-corrected chi connectivity index (χ1v) is 15.0. The number of amides is 3. The van der Waals surface area contributed by atoms with E-state index in [2.05, 4.69) is 5.32 Å². The Kier molecular flexibility index (Phi) is 8.97. The van der Waals surface area contributed by atoms with Crippen molar-refractivity contribution in [3.05, 3.63) is 75.8 Å². The summed E-state index contributed by atoms with van der Waals surface area (Å²) in [5, 5.41) is 6.10. The molecule has 210 valence electrons. The van der Waals surface area contributed by atoms with Gasteiger partial charge in [0.15, 0.2) is 0 Å². The molecule has 0 saturated heterocycles. The van der Waals surface area contributed by atoms with Crippen molar-refractivity contribution in [2.24, 2.45) is 0 Å². The van der Waals surface area contributed by atoms with Gasteiger partial charge in [-0.2, -0.15) is 0 Å². The SMILES string of the molecule is CCC(C(=O)NC1CCCCC1)N(Cc1c(Cl)cccc1Cl)C(=O)CCCN1C(=O)c2cccc3cccc1c23. The Balaban J connectivity index is 1.32. The minimum Gasteiger partial charge on any atom is -0.352 e. The highest BCUT2D eigenvalue weighted by Crippen LogP contribution is 2.37. The van der Waals surface area contributed by atoms with E-state index in [0.29, 0.717) is 40.6 Å². The van der Waals surface area contributed by atoms with Crippen molar-refractivity contribution < 1.29 is 14.4 Å². The van der Waals surface area contributed by atoms with E-state index in [1.807, 2.05) is 43.3 Å². The van der Waals surface area contributed by atoms with Crippen LogP contribution in [0.25, 0.3) is 10.8 Å². The number of carbonyl (C=O) groups is 3. The molecule has 1 fully saturated rings. The molecular weight excluding hydrogens is 545 g/mol. The predicted molar refractivity (Wildman–Crippen MR) is 161 cm³/mol. The molecule has 1 unspecified atom stereocenters. The van der Waals surface area contributed by atoms with E-state index >= 15 is 0 Å². The lowest BCUT2D eigenvalue weighted by Crippen LogP contribution is -2.51. The first-order valence-electron chi connectivity index (χ1n) is 14.3. The Morgan fingerprint density at radius 3 is 2.38 bits per heavy atom. The molecule has 8 heteroatoms. The van der Waals surface area contributed by atoms with Gasteiger partial charge in [0.1, 0.15) is 6.04 Å². The van der Waals surface area contributed by atoms with E-state index < -0.39 is 6.04 Å². The maximum absolute atomic E-state index is 13.8. The van der Waals surface area contributed by atoms with Gasteiger partial charge in [-0.1, -0.05) is 79.7 Å². The summed E-state index contributed by atoms with van der Waals surface area (Å²) in [6.45, 7) is 2.46. The van der Waals surface area contributed by atoms with Crippen molar-refractivity contribution in [3.8, 4) is 0 Å². The summed E-state index contributed by atoms with van der Waals surface area (Å²) in [7, 11) is 0. The number of nitrogens with zero attached hydrogens (tertiary/aromatic N) is 2. The second kappa shape index (κ2) is 12.6. The van der Waals surface area contributed by atoms with Crippen molar-refractivity contribution in [2.75, 3.05) is 11.4 Å². The molecule has 1 aliphatic carbocycles. The number of nitrogens with one attached hydrogen (secondary N) is 1. The predicted octanol–water partition coefficient (Wildman–Crippen LogP) is 7.14. The smallest absolute Gasteiger partial charge is 0.258 e. The van der Waals surface area contributed by atoms with Gasteiger partial charge in [-0.05, 0) is 55.3 Å². The van der Waals surface area contributed by atoms with Crippen LogP contribution in [-0.2, 0) is 16.1 Å². The molecule has 3 amide bonds. The Labute approximate surface area is 245 Å². The van der Waals surface area contributed by atoms with Gasteiger partial charge in [0, 0.05) is 52.1 Å². The van der Waals surface area contributed by atoms with Gasteiger partial charge in [0.2, 0.25) is 11.8 Å². The van der Waals surface area contributed by atoms with Crippen LogP contribution < -0.4 is 10.2 Å². The van der Waals surface area contributed by atoms with Crippen LogP contribution in [0.1, 0.15) is 74.2 Å². The highest BCUT2D eigenvalue weighted by Gasteiger charge is 2.32. The summed E-state index contributed by atoms with van der Waals surface area (Å²) in [5.41, 5.74) is 2.20. The van der Waals surface area contributed by atoms with Crippen LogP contribution in [0.3, 0.4) is 0 Å². The largest absolute Gasteiger partial charge is 0.352 e. The quantitative estimate of drug-likeness (QED) is 0.277. The molecule has 40 heavy (non-hydrogen) atoms. The van der Waals surface area contributed by atoms with Crippen LogP contribution in [0.5, 0.6) is 0 Å². The zero-order chi connectivity index (χ0) is 28.2. The van der Waals surface area contributed by atoms with Gasteiger partial charge in [-0.15, -0.1) is 0 Å². The average Bonchev–Trinajstić information content (AvgIpc) is 3.23. The van der Waals surface area contributed by atoms with E-state index in [4.69, 9.17) is 23.2 Å². The Morgan fingerprint density at radius 1 is 1.00 bits per heavy atom. The maximum atomic E-state index is 13.8. The third-order valence-corrected chi connectivity index (χ3v) is 8.86. The fourth-order valence-electron chi connectivity index (χ4n) is 6.05. The molecule has 2 aliphatic rings. The normalized spacial score (nSPS) is 15.9. The number of halogens is 2. The van der Waals surface area contributed by atoms with Crippen molar-refractivity contribution in [3.63, 3.8) is 0 Å². The van der Waals surface area contributed by atoms with Gasteiger partial charge >= 0.3 is 0 Å². The highest BCUT2D eigenvalue weighted by molar-refractivity contribution is 6.36. The third kappa shape index (κ3) is 5.84. The number of rotatable bonds is 10. The van der Waals surface area contributed by atoms with Crippen molar-refractivity contribution in [1.29, 1.82) is 0 Å². The molecule has 1 N–H and O–H groups in total. The summed E-state index contributed by atoms with van der Waals surface area (Å²) in [6, 6.07) is 16.4. The molecule has 3 aromatic rings. The molecule has 1 saturated carbocycles. The van der Waals surface area contributed by atoms with Crippen molar-refractivity contribution in [2.45, 2.75) is 76.9 Å². The standard InChI is InChI=1S/C32H35Cl2N3O3/c1-2-27(31(39)35-22-12-4-3-5-13-22)37(20-24-25(33)15-8-16-26(24)34)29(38)18-9-19-36-28-17-7-11-21-10-6-14-23(30(21)28)32(36)40/h6-8,10-11,14-17,22,27H,2-5,9,12-13,18-20H2,1H3,(H,35,39). The first kappa shape index (κ1) is 28.4. The molecule has 0 radical (unpaired) electrons. The van der Waals surface area contributed by atoms with E-state index in [1.54, 1.807) is 28.0 Å². The maximum Gasteiger partial charge on any atom is 0.258 e. The summed E-state index contributed by atoms with van der Waals surface area (Å²) in [5.74, 6) is -0.343. The average molecular weight is 581 g/mol. The van der Waals surface area contributed by atoms with Crippen LogP contribution in [0.4, 0.5) is 5.69 Å². The topological polar surface area (TPSA) is 69.7 Å². The molecule has 1 aliphatic heterocycles. The summed E-state index contributed by atoms with van der Waals surface area (Å²) < 4.78 is 0. The lowest BCUT2D eigenvalue weighted by atomic mass is 9.95. The Bertz CT molecular complexity index is 1390. The van der Waals surface area contributed by atoms with Gasteiger partial charge in [-0.25, -0.2) is 0 Å². The summed E-state index contributed by atoms with van der Waals surface area (Å²) >= 11 is 13.0. The van der Waals surface area contributed by atoms with Crippen molar-refractivity contribution >= 4 is 57.4 Å². The molecule has 1 atom stereocenters. The molecule has 0 bridgehead atoms. The molecule has 0 aromatic heterocycles. The van der Waals surface area contributed by atoms with Crippen molar-refractivity contribution in [1.82, 2.24) is 10.2 Å². The van der Waals surface area contributed by atoms with E-state index in [9.17, 15) is 14.4 Å². The van der Waals surface area contributed by atoms with Crippen LogP contribution in [-0.4, -0.2) is 41.2 Å². The first-order chi connectivity index (χ1) is 19.4. The lowest BCUT2D eigenvalue weighted by Gasteiger charge is -2.33. The number of anilines is 1. The minimum atomic E-state index is -0.645. The Hall–Kier alpha value is -3.09. The fourth-order valence-corrected chi connectivity index (χ4v) is 6.57. The van der Waals surface area contributed by atoms with E-state index in [1.165, 1.54) is 6.42 Å². The van der Waals surface area contributed by atoms with Crippen LogP contribution >= 0.6 is 23.2 Å². The number of hydrogen-bond acceptors (Lipinski definition) is 3. The fraction of sp³-hybridized carbons (Fsp3) is 0.406. The number of hydrogen-bond donors (Lipinski definition) is 1. The lowest BCUT2D eigenvalue weighted by molar-refractivity contribution is -0.141. The zero-order valence-electron chi connectivity index (χ0n) is 22.8. The van der Waals surface area contributed by atoms with E-state index in [0.717, 1.165) is 42.1 Å². The molecule has 0 spiro atoms. The van der Waals surface area contributed by atoms with Gasteiger partial charge in [0.05, 0.1) is 5.69 Å². The summed E-state index contributed by atoms with van der Waals surface area (Å²) in [6.07, 6.45) is 6.44. The molecule has 6 nitrogen and oxygen atoms in total. The monoisotopic (exact) mass is 579 g/mol. The van der Waals surface area contributed by atoms with Gasteiger partial charge < -0.3 is 15.1 Å². The second-order valence-electron chi connectivity index (χ2n) is 10.7. The van der Waals surface area contributed by atoms with Gasteiger partial charge in [-0.3, -0.25) is 14.4 Å². The highest BCUT2D eigenvalue weighted by atomic mass is 35.5. The Morgan fingerprint density at radius 2 is 1.68 bits per heavy atom. The zero-order valence-corrected chi connectivity index (χ0v) is 24.3. The molecule has 5 rings (SSSR count). The molecule has 3 aromatic carbocycles. The van der Waals surface area contributed by atoms with Crippen LogP contribution in [0.2, 0.25) is 10.0 Å².